The molecule has 0 saturated heterocycles. The summed E-state index contributed by atoms with van der Waals surface area (Å²) < 4.78 is 4.55. The van der Waals surface area contributed by atoms with Gasteiger partial charge in [-0.3, -0.25) is 0 Å². The average Bonchev–Trinajstić information content (AvgIpc) is 3.49. The molecule has 3 heterocycles. The Hall–Kier alpha value is -4.63. The number of hydrogen-bond acceptors (Lipinski definition) is 1. The van der Waals surface area contributed by atoms with E-state index in [0.29, 0.717) is 0 Å². The third-order valence-corrected chi connectivity index (χ3v) is 6.62. The van der Waals surface area contributed by atoms with E-state index in [1.807, 2.05) is 12.3 Å². The van der Waals surface area contributed by atoms with Crippen LogP contribution in [0.25, 0.3) is 55.3 Å². The first kappa shape index (κ1) is 18.9. The summed E-state index contributed by atoms with van der Waals surface area (Å²) in [6.45, 7) is 0. The predicted molar refractivity (Wildman–Crippen MR) is 141 cm³/mol. The smallest absolute Gasteiger partial charge is 0.137 e. The molecule has 3 aromatic heterocycles. The monoisotopic (exact) mass is 435 g/mol. The number of benzene rings is 4. The third-order valence-electron chi connectivity index (χ3n) is 6.62. The number of hydrogen-bond donors (Lipinski definition) is 0. The second-order valence-corrected chi connectivity index (χ2v) is 8.54. The van der Waals surface area contributed by atoms with Crippen molar-refractivity contribution in [2.75, 3.05) is 0 Å². The second-order valence-electron chi connectivity index (χ2n) is 8.54. The van der Waals surface area contributed by atoms with Gasteiger partial charge in [0, 0.05) is 34.2 Å². The van der Waals surface area contributed by atoms with E-state index >= 15 is 0 Å². The van der Waals surface area contributed by atoms with Gasteiger partial charge in [-0.15, -0.1) is 0 Å². The number of aromatic nitrogens is 3. The molecule has 0 bridgehead atoms. The maximum absolute atomic E-state index is 4.71. The summed E-state index contributed by atoms with van der Waals surface area (Å²) in [5.74, 6) is 0.919. The van der Waals surface area contributed by atoms with E-state index in [2.05, 4.69) is 125 Å². The summed E-state index contributed by atoms with van der Waals surface area (Å²) in [6, 6.07) is 40.6. The van der Waals surface area contributed by atoms with E-state index in [-0.39, 0.29) is 0 Å². The van der Waals surface area contributed by atoms with Crippen LogP contribution in [0.15, 0.2) is 128 Å². The minimum atomic E-state index is 0.919. The molecule has 0 aliphatic carbocycles. The van der Waals surface area contributed by atoms with Crippen molar-refractivity contribution in [1.29, 1.82) is 0 Å². The number of rotatable bonds is 3. The van der Waals surface area contributed by atoms with Crippen molar-refractivity contribution in [3.8, 4) is 22.6 Å². The largest absolute Gasteiger partial charge is 0.309 e. The Morgan fingerprint density at radius 2 is 1.24 bits per heavy atom. The molecule has 160 valence electrons. The van der Waals surface area contributed by atoms with Gasteiger partial charge in [-0.1, -0.05) is 66.7 Å². The van der Waals surface area contributed by atoms with Crippen molar-refractivity contribution in [3.05, 3.63) is 128 Å². The Morgan fingerprint density at radius 3 is 2.09 bits per heavy atom. The SMILES string of the molecule is c1ccc(-c2ccnc(-n3ccc4c5c6ccccc6n(-c6ccccc6)c5ccc43)c2)cc1. The molecule has 34 heavy (non-hydrogen) atoms. The van der Waals surface area contributed by atoms with Gasteiger partial charge in [-0.25, -0.2) is 4.98 Å². The van der Waals surface area contributed by atoms with Gasteiger partial charge < -0.3 is 9.13 Å². The van der Waals surface area contributed by atoms with E-state index in [9.17, 15) is 0 Å². The second kappa shape index (κ2) is 7.46. The molecule has 7 rings (SSSR count). The Kier molecular flexibility index (Phi) is 4.15. The maximum Gasteiger partial charge on any atom is 0.137 e. The minimum Gasteiger partial charge on any atom is -0.309 e. The summed E-state index contributed by atoms with van der Waals surface area (Å²) in [7, 11) is 0. The zero-order valence-corrected chi connectivity index (χ0v) is 18.5. The molecule has 0 aliphatic heterocycles. The van der Waals surface area contributed by atoms with E-state index < -0.39 is 0 Å². The highest BCUT2D eigenvalue weighted by atomic mass is 15.1. The molecule has 0 saturated carbocycles. The van der Waals surface area contributed by atoms with Crippen LogP contribution < -0.4 is 0 Å². The quantitative estimate of drug-likeness (QED) is 0.278. The van der Waals surface area contributed by atoms with Crippen molar-refractivity contribution in [2.45, 2.75) is 0 Å². The van der Waals surface area contributed by atoms with Gasteiger partial charge in [0.15, 0.2) is 0 Å². The fourth-order valence-electron chi connectivity index (χ4n) is 5.10. The lowest BCUT2D eigenvalue weighted by Gasteiger charge is -2.09. The highest BCUT2D eigenvalue weighted by Crippen LogP contribution is 2.37. The highest BCUT2D eigenvalue weighted by Gasteiger charge is 2.16. The van der Waals surface area contributed by atoms with Crippen molar-refractivity contribution < 1.29 is 0 Å². The fourth-order valence-corrected chi connectivity index (χ4v) is 5.10. The van der Waals surface area contributed by atoms with Gasteiger partial charge in [-0.2, -0.15) is 0 Å². The Balaban J connectivity index is 1.49. The first-order valence-corrected chi connectivity index (χ1v) is 11.5. The molecule has 3 nitrogen and oxygen atoms in total. The summed E-state index contributed by atoms with van der Waals surface area (Å²) in [5, 5.41) is 3.76. The third kappa shape index (κ3) is 2.81. The summed E-state index contributed by atoms with van der Waals surface area (Å²) in [4.78, 5) is 4.71. The zero-order chi connectivity index (χ0) is 22.5. The molecule has 0 spiro atoms. The Bertz CT molecular complexity index is 1790. The highest BCUT2D eigenvalue weighted by molar-refractivity contribution is 6.21. The lowest BCUT2D eigenvalue weighted by molar-refractivity contribution is 1.04. The van der Waals surface area contributed by atoms with Crippen LogP contribution in [0, 0.1) is 0 Å². The molecule has 0 atom stereocenters. The first-order chi connectivity index (χ1) is 16.9. The summed E-state index contributed by atoms with van der Waals surface area (Å²) >= 11 is 0. The van der Waals surface area contributed by atoms with E-state index in [0.717, 1.165) is 16.9 Å². The molecule has 0 N–H and O–H groups in total. The van der Waals surface area contributed by atoms with Gasteiger partial charge in [0.25, 0.3) is 0 Å². The number of nitrogens with zero attached hydrogens (tertiary/aromatic N) is 3. The van der Waals surface area contributed by atoms with E-state index in [4.69, 9.17) is 4.98 Å². The normalized spacial score (nSPS) is 11.5. The molecule has 4 aromatic carbocycles. The van der Waals surface area contributed by atoms with E-state index in [1.165, 1.54) is 38.4 Å². The molecule has 0 aliphatic rings. The van der Waals surface area contributed by atoms with Crippen LogP contribution in [0.3, 0.4) is 0 Å². The molecule has 0 fully saturated rings. The number of pyridine rings is 1. The maximum atomic E-state index is 4.71. The molecular formula is C31H21N3. The van der Waals surface area contributed by atoms with Crippen LogP contribution in [0.4, 0.5) is 0 Å². The predicted octanol–water partition coefficient (Wildman–Crippen LogP) is 7.79. The summed E-state index contributed by atoms with van der Waals surface area (Å²) in [5.41, 5.74) is 7.10. The van der Waals surface area contributed by atoms with Crippen LogP contribution in [0.1, 0.15) is 0 Å². The topological polar surface area (TPSA) is 22.8 Å². The van der Waals surface area contributed by atoms with Crippen LogP contribution in [-0.2, 0) is 0 Å². The van der Waals surface area contributed by atoms with Gasteiger partial charge in [0.2, 0.25) is 0 Å². The molecule has 0 unspecified atom stereocenters. The molecule has 7 aromatic rings. The summed E-state index contributed by atoms with van der Waals surface area (Å²) in [6.07, 6.45) is 4.03. The van der Waals surface area contributed by atoms with Crippen LogP contribution >= 0.6 is 0 Å². The Morgan fingerprint density at radius 1 is 0.529 bits per heavy atom. The fraction of sp³-hybridized carbons (Fsp3) is 0. The van der Waals surface area contributed by atoms with Crippen LogP contribution in [-0.4, -0.2) is 14.1 Å². The van der Waals surface area contributed by atoms with Crippen molar-refractivity contribution in [2.24, 2.45) is 0 Å². The molecule has 0 amide bonds. The lowest BCUT2D eigenvalue weighted by Crippen LogP contribution is -1.96. The number of fused-ring (bicyclic) bond motifs is 5. The lowest BCUT2D eigenvalue weighted by atomic mass is 10.1. The zero-order valence-electron chi connectivity index (χ0n) is 18.5. The van der Waals surface area contributed by atoms with Crippen molar-refractivity contribution in [3.63, 3.8) is 0 Å². The molecule has 3 heteroatoms. The molecule has 0 radical (unpaired) electrons. The van der Waals surface area contributed by atoms with Gasteiger partial charge >= 0.3 is 0 Å². The van der Waals surface area contributed by atoms with Crippen molar-refractivity contribution in [1.82, 2.24) is 14.1 Å². The Labute approximate surface area is 197 Å². The minimum absolute atomic E-state index is 0.919. The van der Waals surface area contributed by atoms with Crippen LogP contribution in [0.5, 0.6) is 0 Å². The standard InChI is InChI=1S/C31H21N3/c1-3-9-22(10-4-1)23-17-19-32-30(21-23)33-20-18-26-27(33)15-16-29-31(26)25-13-7-8-14-28(25)34(29)24-11-5-2-6-12-24/h1-21H. The van der Waals surface area contributed by atoms with Gasteiger partial charge in [0.05, 0.1) is 16.6 Å². The van der Waals surface area contributed by atoms with Gasteiger partial charge in [-0.05, 0) is 59.7 Å². The first-order valence-electron chi connectivity index (χ1n) is 11.5. The van der Waals surface area contributed by atoms with Gasteiger partial charge in [0.1, 0.15) is 5.82 Å². The van der Waals surface area contributed by atoms with E-state index in [1.54, 1.807) is 0 Å². The molecular weight excluding hydrogens is 414 g/mol. The number of para-hydroxylation sites is 2. The van der Waals surface area contributed by atoms with Crippen LogP contribution in [0.2, 0.25) is 0 Å². The average molecular weight is 436 g/mol. The van der Waals surface area contributed by atoms with Crippen molar-refractivity contribution >= 4 is 32.7 Å².